The van der Waals surface area contributed by atoms with Crippen molar-refractivity contribution in [1.82, 2.24) is 4.90 Å². The third-order valence-electron chi connectivity index (χ3n) is 3.02. The fraction of sp³-hybridized carbons (Fsp3) is 1.00. The van der Waals surface area contributed by atoms with E-state index >= 15 is 0 Å². The Morgan fingerprint density at radius 1 is 1.54 bits per heavy atom. The summed E-state index contributed by atoms with van der Waals surface area (Å²) in [6.07, 6.45) is 1.98. The van der Waals surface area contributed by atoms with Crippen molar-refractivity contribution in [3.63, 3.8) is 0 Å². The van der Waals surface area contributed by atoms with Crippen molar-refractivity contribution in [1.29, 1.82) is 0 Å². The minimum Gasteiger partial charge on any atom is -0.363 e. The van der Waals surface area contributed by atoms with Gasteiger partial charge in [-0.3, -0.25) is 4.90 Å². The molecular formula is C9H19NO2S. The Kier molecular flexibility index (Phi) is 3.28. The molecule has 13 heavy (non-hydrogen) atoms. The number of nitrogens with zero attached hydrogens (tertiary/aromatic N) is 1. The van der Waals surface area contributed by atoms with Crippen LogP contribution in [0.5, 0.6) is 0 Å². The van der Waals surface area contributed by atoms with Crippen LogP contribution in [0.4, 0.5) is 0 Å². The van der Waals surface area contributed by atoms with E-state index in [1.54, 1.807) is 11.8 Å². The normalized spacial score (nSPS) is 34.8. The Morgan fingerprint density at radius 2 is 2.15 bits per heavy atom. The monoisotopic (exact) mass is 205 g/mol. The summed E-state index contributed by atoms with van der Waals surface area (Å²) in [5.41, 5.74) is -0.311. The maximum absolute atomic E-state index is 10.3. The van der Waals surface area contributed by atoms with Gasteiger partial charge in [-0.1, -0.05) is 0 Å². The molecule has 1 atom stereocenters. The van der Waals surface area contributed by atoms with Gasteiger partial charge in [-0.25, -0.2) is 0 Å². The van der Waals surface area contributed by atoms with Crippen LogP contribution in [0, 0.1) is 0 Å². The second kappa shape index (κ2) is 3.77. The maximum atomic E-state index is 10.3. The second-order valence-corrected chi connectivity index (χ2v) is 4.91. The van der Waals surface area contributed by atoms with Crippen molar-refractivity contribution < 1.29 is 9.84 Å². The zero-order chi connectivity index (χ0) is 10.1. The molecule has 0 aromatic carbocycles. The van der Waals surface area contributed by atoms with Gasteiger partial charge in [-0.05, 0) is 27.2 Å². The van der Waals surface area contributed by atoms with Crippen LogP contribution < -0.4 is 0 Å². The minimum absolute atomic E-state index is 0.311. The highest BCUT2D eigenvalue weighted by Crippen LogP contribution is 2.34. The molecule has 1 rings (SSSR count). The van der Waals surface area contributed by atoms with Crippen molar-refractivity contribution in [3.05, 3.63) is 0 Å². The van der Waals surface area contributed by atoms with Crippen molar-refractivity contribution in [2.45, 2.75) is 25.2 Å². The second-order valence-electron chi connectivity index (χ2n) is 4.05. The number of hydrogen-bond acceptors (Lipinski definition) is 4. The first-order valence-electron chi connectivity index (χ1n) is 4.50. The SMILES string of the molecule is CSCC1(O)OCCN(C)C1(C)C. The van der Waals surface area contributed by atoms with Crippen LogP contribution >= 0.6 is 11.8 Å². The lowest BCUT2D eigenvalue weighted by molar-refractivity contribution is -0.279. The van der Waals surface area contributed by atoms with E-state index in [1.165, 1.54) is 0 Å². The highest BCUT2D eigenvalue weighted by molar-refractivity contribution is 7.98. The molecule has 1 fully saturated rings. The third-order valence-corrected chi connectivity index (χ3v) is 3.70. The van der Waals surface area contributed by atoms with Crippen LogP contribution in [0.1, 0.15) is 13.8 Å². The molecule has 0 saturated carbocycles. The van der Waals surface area contributed by atoms with E-state index in [2.05, 4.69) is 4.90 Å². The lowest BCUT2D eigenvalue weighted by Gasteiger charge is -2.51. The van der Waals surface area contributed by atoms with Gasteiger partial charge in [0.05, 0.1) is 12.1 Å². The van der Waals surface area contributed by atoms with Gasteiger partial charge < -0.3 is 9.84 Å². The molecular weight excluding hydrogens is 186 g/mol. The predicted molar refractivity (Wildman–Crippen MR) is 56.0 cm³/mol. The van der Waals surface area contributed by atoms with Gasteiger partial charge in [-0.2, -0.15) is 11.8 Å². The largest absolute Gasteiger partial charge is 0.363 e. The number of morpholine rings is 1. The smallest absolute Gasteiger partial charge is 0.192 e. The first-order chi connectivity index (χ1) is 5.94. The average molecular weight is 205 g/mol. The Labute approximate surface area is 84.4 Å². The molecule has 0 radical (unpaired) electrons. The van der Waals surface area contributed by atoms with Gasteiger partial charge in [0, 0.05) is 12.3 Å². The maximum Gasteiger partial charge on any atom is 0.192 e. The number of likely N-dealkylation sites (N-methyl/N-ethyl adjacent to an activating group) is 1. The number of thioether (sulfide) groups is 1. The summed E-state index contributed by atoms with van der Waals surface area (Å²) < 4.78 is 5.48. The number of rotatable bonds is 2. The van der Waals surface area contributed by atoms with Crippen LogP contribution in [-0.2, 0) is 4.74 Å². The Bertz CT molecular complexity index is 182. The zero-order valence-electron chi connectivity index (χ0n) is 8.83. The number of ether oxygens (including phenoxy) is 1. The van der Waals surface area contributed by atoms with Gasteiger partial charge >= 0.3 is 0 Å². The van der Waals surface area contributed by atoms with Crippen molar-refractivity contribution in [2.75, 3.05) is 32.2 Å². The highest BCUT2D eigenvalue weighted by Gasteiger charge is 2.49. The number of aliphatic hydroxyl groups is 1. The molecule has 0 aromatic rings. The molecule has 0 bridgehead atoms. The summed E-state index contributed by atoms with van der Waals surface area (Å²) in [6.45, 7) is 5.52. The topological polar surface area (TPSA) is 32.7 Å². The van der Waals surface area contributed by atoms with Crippen molar-refractivity contribution >= 4 is 11.8 Å². The van der Waals surface area contributed by atoms with Crippen LogP contribution in [0.3, 0.4) is 0 Å². The summed E-state index contributed by atoms with van der Waals surface area (Å²) in [6, 6.07) is 0. The Hall–Kier alpha value is 0.230. The molecule has 1 heterocycles. The molecule has 1 unspecified atom stereocenters. The van der Waals surface area contributed by atoms with E-state index in [1.807, 2.05) is 27.2 Å². The minimum atomic E-state index is -1.01. The van der Waals surface area contributed by atoms with Crippen molar-refractivity contribution in [3.8, 4) is 0 Å². The lowest BCUT2D eigenvalue weighted by atomic mass is 9.91. The van der Waals surface area contributed by atoms with Gasteiger partial charge in [0.25, 0.3) is 0 Å². The molecule has 1 N–H and O–H groups in total. The molecule has 3 nitrogen and oxygen atoms in total. The molecule has 1 saturated heterocycles. The number of hydrogen-bond donors (Lipinski definition) is 1. The van der Waals surface area contributed by atoms with E-state index in [0.717, 1.165) is 6.54 Å². The van der Waals surface area contributed by atoms with E-state index in [-0.39, 0.29) is 5.54 Å². The van der Waals surface area contributed by atoms with Crippen molar-refractivity contribution in [2.24, 2.45) is 0 Å². The standard InChI is InChI=1S/C9H19NO2S/c1-8(2)9(11,7-13-4)12-6-5-10(8)3/h11H,5-7H2,1-4H3. The fourth-order valence-corrected chi connectivity index (χ4v) is 2.35. The lowest BCUT2D eigenvalue weighted by Crippen LogP contribution is -2.66. The molecule has 1 aliphatic rings. The Balaban J connectivity index is 2.81. The summed E-state index contributed by atoms with van der Waals surface area (Å²) in [5.74, 6) is -0.399. The van der Waals surface area contributed by atoms with Crippen LogP contribution in [-0.4, -0.2) is 53.5 Å². The third kappa shape index (κ3) is 1.86. The van der Waals surface area contributed by atoms with E-state index in [4.69, 9.17) is 4.74 Å². The molecule has 1 aliphatic heterocycles. The Morgan fingerprint density at radius 3 is 2.69 bits per heavy atom. The van der Waals surface area contributed by atoms with Crippen LogP contribution in [0.15, 0.2) is 0 Å². The molecule has 4 heteroatoms. The summed E-state index contributed by atoms with van der Waals surface area (Å²) in [4.78, 5) is 2.15. The van der Waals surface area contributed by atoms with E-state index < -0.39 is 5.79 Å². The first-order valence-corrected chi connectivity index (χ1v) is 5.90. The van der Waals surface area contributed by atoms with E-state index in [0.29, 0.717) is 12.4 Å². The summed E-state index contributed by atoms with van der Waals surface area (Å²) >= 11 is 1.61. The summed E-state index contributed by atoms with van der Waals surface area (Å²) in [5, 5.41) is 10.3. The van der Waals surface area contributed by atoms with Crippen LogP contribution in [0.2, 0.25) is 0 Å². The zero-order valence-corrected chi connectivity index (χ0v) is 9.65. The quantitative estimate of drug-likeness (QED) is 0.722. The molecule has 78 valence electrons. The van der Waals surface area contributed by atoms with E-state index in [9.17, 15) is 5.11 Å². The molecule has 0 spiro atoms. The predicted octanol–water partition coefficient (Wildman–Crippen LogP) is 0.779. The summed E-state index contributed by atoms with van der Waals surface area (Å²) in [7, 11) is 2.02. The van der Waals surface area contributed by atoms with Gasteiger partial charge in [0.2, 0.25) is 0 Å². The van der Waals surface area contributed by atoms with Gasteiger partial charge in [-0.15, -0.1) is 0 Å². The average Bonchev–Trinajstić information content (AvgIpc) is 2.02. The molecule has 0 aliphatic carbocycles. The fourth-order valence-electron chi connectivity index (χ4n) is 1.52. The van der Waals surface area contributed by atoms with Crippen LogP contribution in [0.25, 0.3) is 0 Å². The van der Waals surface area contributed by atoms with Gasteiger partial charge in [0.15, 0.2) is 5.79 Å². The molecule has 0 aromatic heterocycles. The van der Waals surface area contributed by atoms with Gasteiger partial charge in [0.1, 0.15) is 0 Å². The molecule has 0 amide bonds. The first kappa shape index (κ1) is 11.3. The highest BCUT2D eigenvalue weighted by atomic mass is 32.2.